The quantitative estimate of drug-likeness (QED) is 0.458. The van der Waals surface area contributed by atoms with Crippen LogP contribution in [0.4, 0.5) is 4.39 Å². The number of hydrogen-bond acceptors (Lipinski definition) is 4. The van der Waals surface area contributed by atoms with Crippen molar-refractivity contribution in [3.63, 3.8) is 0 Å². The molecule has 0 bridgehead atoms. The van der Waals surface area contributed by atoms with Crippen molar-refractivity contribution in [3.8, 4) is 5.75 Å². The van der Waals surface area contributed by atoms with Crippen molar-refractivity contribution >= 4 is 5.97 Å². The molecule has 22 heavy (non-hydrogen) atoms. The Morgan fingerprint density at radius 1 is 1.09 bits per heavy atom. The van der Waals surface area contributed by atoms with Crippen LogP contribution in [0.2, 0.25) is 0 Å². The molecule has 0 N–H and O–H groups in total. The lowest BCUT2D eigenvalue weighted by Crippen LogP contribution is -2.10. The molecule has 5 heteroatoms. The zero-order valence-electron chi connectivity index (χ0n) is 13.4. The summed E-state index contributed by atoms with van der Waals surface area (Å²) in [5, 5.41) is 0. The van der Waals surface area contributed by atoms with Gasteiger partial charge in [0.15, 0.2) is 11.6 Å². The molecule has 0 unspecified atom stereocenters. The maximum absolute atomic E-state index is 13.9. The van der Waals surface area contributed by atoms with Gasteiger partial charge >= 0.3 is 5.97 Å². The summed E-state index contributed by atoms with van der Waals surface area (Å²) in [4.78, 5) is 11.7. The lowest BCUT2D eigenvalue weighted by Gasteiger charge is -2.09. The number of carbonyl (C=O) groups excluding carboxylic acids is 1. The van der Waals surface area contributed by atoms with Gasteiger partial charge in [-0.15, -0.1) is 0 Å². The van der Waals surface area contributed by atoms with Gasteiger partial charge in [-0.2, -0.15) is 0 Å². The minimum absolute atomic E-state index is 0.146. The van der Waals surface area contributed by atoms with Gasteiger partial charge in [0.05, 0.1) is 18.8 Å². The molecular formula is C17H25FO4. The molecule has 0 aliphatic heterocycles. The molecule has 0 atom stereocenters. The predicted octanol–water partition coefficient (Wildman–Crippen LogP) is 3.98. The van der Waals surface area contributed by atoms with Crippen LogP contribution in [0.25, 0.3) is 0 Å². The van der Waals surface area contributed by atoms with E-state index in [0.29, 0.717) is 13.2 Å². The summed E-state index contributed by atoms with van der Waals surface area (Å²) in [7, 11) is 1.52. The van der Waals surface area contributed by atoms with Crippen LogP contribution >= 0.6 is 0 Å². The zero-order valence-corrected chi connectivity index (χ0v) is 13.4. The lowest BCUT2D eigenvalue weighted by atomic mass is 10.2. The van der Waals surface area contributed by atoms with Gasteiger partial charge in [0.2, 0.25) is 0 Å². The largest absolute Gasteiger partial charge is 0.491 e. The van der Waals surface area contributed by atoms with Crippen LogP contribution in [0, 0.1) is 5.82 Å². The van der Waals surface area contributed by atoms with Gasteiger partial charge in [-0.25, -0.2) is 9.18 Å². The van der Waals surface area contributed by atoms with Crippen molar-refractivity contribution in [2.75, 3.05) is 26.9 Å². The second kappa shape index (κ2) is 11.0. The number of halogens is 1. The summed E-state index contributed by atoms with van der Waals surface area (Å²) < 4.78 is 29.0. The predicted molar refractivity (Wildman–Crippen MR) is 82.8 cm³/mol. The van der Waals surface area contributed by atoms with E-state index in [-0.39, 0.29) is 17.9 Å². The Morgan fingerprint density at radius 2 is 1.86 bits per heavy atom. The van der Waals surface area contributed by atoms with Crippen LogP contribution in [0.15, 0.2) is 18.2 Å². The highest BCUT2D eigenvalue weighted by molar-refractivity contribution is 5.89. The number of rotatable bonds is 11. The molecule has 0 saturated heterocycles. The fourth-order valence-corrected chi connectivity index (χ4v) is 1.93. The van der Waals surface area contributed by atoms with E-state index < -0.39 is 11.8 Å². The first-order valence-electron chi connectivity index (χ1n) is 7.77. The van der Waals surface area contributed by atoms with Gasteiger partial charge in [-0.3, -0.25) is 0 Å². The fourth-order valence-electron chi connectivity index (χ4n) is 1.93. The van der Waals surface area contributed by atoms with E-state index in [1.807, 2.05) is 0 Å². The minimum atomic E-state index is -0.568. The van der Waals surface area contributed by atoms with Crippen LogP contribution in [0.3, 0.4) is 0 Å². The van der Waals surface area contributed by atoms with Crippen molar-refractivity contribution in [2.45, 2.75) is 39.0 Å². The van der Waals surface area contributed by atoms with Gasteiger partial charge in [0, 0.05) is 7.11 Å². The zero-order chi connectivity index (χ0) is 16.2. The third-order valence-corrected chi connectivity index (χ3v) is 3.19. The highest BCUT2D eigenvalue weighted by Gasteiger charge is 2.11. The molecule has 0 aliphatic carbocycles. The number of methoxy groups -OCH3 is 1. The van der Waals surface area contributed by atoms with Crippen molar-refractivity contribution in [2.24, 2.45) is 0 Å². The molecule has 0 amide bonds. The van der Waals surface area contributed by atoms with E-state index in [0.717, 1.165) is 18.9 Å². The van der Waals surface area contributed by atoms with Gasteiger partial charge < -0.3 is 14.2 Å². The van der Waals surface area contributed by atoms with Crippen molar-refractivity contribution in [3.05, 3.63) is 29.6 Å². The molecule has 0 aliphatic rings. The summed E-state index contributed by atoms with van der Waals surface area (Å²) in [5.74, 6) is -0.944. The molecule has 1 rings (SSSR count). The summed E-state index contributed by atoms with van der Waals surface area (Å²) in [6, 6.07) is 4.11. The van der Waals surface area contributed by atoms with E-state index in [4.69, 9.17) is 14.2 Å². The summed E-state index contributed by atoms with van der Waals surface area (Å²) in [5.41, 5.74) is 0.170. The second-order valence-electron chi connectivity index (χ2n) is 5.04. The van der Waals surface area contributed by atoms with Crippen molar-refractivity contribution in [1.29, 1.82) is 0 Å². The topological polar surface area (TPSA) is 44.8 Å². The SMILES string of the molecule is CCCCCCCOc1ccc(C(=O)OCCOC)cc1F. The smallest absolute Gasteiger partial charge is 0.338 e. The monoisotopic (exact) mass is 312 g/mol. The number of ether oxygens (including phenoxy) is 3. The van der Waals surface area contributed by atoms with Crippen LogP contribution in [0.1, 0.15) is 49.4 Å². The van der Waals surface area contributed by atoms with E-state index in [2.05, 4.69) is 6.92 Å². The number of benzene rings is 1. The van der Waals surface area contributed by atoms with E-state index >= 15 is 0 Å². The Kier molecular flexibility index (Phi) is 9.23. The van der Waals surface area contributed by atoms with Gasteiger partial charge in [-0.1, -0.05) is 32.6 Å². The van der Waals surface area contributed by atoms with Crippen LogP contribution in [-0.2, 0) is 9.47 Å². The Hall–Kier alpha value is -1.62. The molecule has 124 valence electrons. The Labute approximate surface area is 131 Å². The lowest BCUT2D eigenvalue weighted by molar-refractivity contribution is 0.0387. The third-order valence-electron chi connectivity index (χ3n) is 3.19. The first-order chi connectivity index (χ1) is 10.7. The first kappa shape index (κ1) is 18.4. The Bertz CT molecular complexity index is 448. The molecule has 0 radical (unpaired) electrons. The number of carbonyl (C=O) groups is 1. The molecule has 1 aromatic rings. The maximum Gasteiger partial charge on any atom is 0.338 e. The Balaban J connectivity index is 2.39. The number of hydrogen-bond donors (Lipinski definition) is 0. The van der Waals surface area contributed by atoms with E-state index in [9.17, 15) is 9.18 Å². The van der Waals surface area contributed by atoms with Crippen LogP contribution < -0.4 is 4.74 Å². The highest BCUT2D eigenvalue weighted by Crippen LogP contribution is 2.19. The fraction of sp³-hybridized carbons (Fsp3) is 0.588. The van der Waals surface area contributed by atoms with Crippen molar-refractivity contribution < 1.29 is 23.4 Å². The summed E-state index contributed by atoms with van der Waals surface area (Å²) >= 11 is 0. The maximum atomic E-state index is 13.9. The molecule has 0 aromatic heterocycles. The average Bonchev–Trinajstić information content (AvgIpc) is 2.52. The molecule has 0 heterocycles. The first-order valence-corrected chi connectivity index (χ1v) is 7.77. The van der Waals surface area contributed by atoms with Crippen LogP contribution in [0.5, 0.6) is 5.75 Å². The van der Waals surface area contributed by atoms with Crippen LogP contribution in [-0.4, -0.2) is 32.9 Å². The molecular weight excluding hydrogens is 287 g/mol. The standard InChI is InChI=1S/C17H25FO4/c1-3-4-5-6-7-10-21-16-9-8-14(13-15(16)18)17(19)22-12-11-20-2/h8-9,13H,3-7,10-12H2,1-2H3. The molecule has 4 nitrogen and oxygen atoms in total. The van der Waals surface area contributed by atoms with Gasteiger partial charge in [0.25, 0.3) is 0 Å². The molecule has 0 spiro atoms. The Morgan fingerprint density at radius 3 is 2.55 bits per heavy atom. The third kappa shape index (κ3) is 6.89. The number of unbranched alkanes of at least 4 members (excludes halogenated alkanes) is 4. The highest BCUT2D eigenvalue weighted by atomic mass is 19.1. The summed E-state index contributed by atoms with van der Waals surface area (Å²) in [6.45, 7) is 3.10. The van der Waals surface area contributed by atoms with Gasteiger partial charge in [-0.05, 0) is 24.6 Å². The average molecular weight is 312 g/mol. The molecule has 1 aromatic carbocycles. The normalized spacial score (nSPS) is 10.5. The number of esters is 1. The molecule has 0 fully saturated rings. The van der Waals surface area contributed by atoms with Gasteiger partial charge in [0.1, 0.15) is 6.61 Å². The van der Waals surface area contributed by atoms with Crippen molar-refractivity contribution in [1.82, 2.24) is 0 Å². The summed E-state index contributed by atoms with van der Waals surface area (Å²) in [6.07, 6.45) is 5.57. The van der Waals surface area contributed by atoms with E-state index in [1.165, 1.54) is 38.5 Å². The minimum Gasteiger partial charge on any atom is -0.491 e. The molecule has 0 saturated carbocycles. The second-order valence-corrected chi connectivity index (χ2v) is 5.04. The van der Waals surface area contributed by atoms with E-state index in [1.54, 1.807) is 0 Å².